The first-order valence-corrected chi connectivity index (χ1v) is 11.8. The number of benzene rings is 3. The van der Waals surface area contributed by atoms with Crippen LogP contribution in [0.5, 0.6) is 0 Å². The molecule has 0 radical (unpaired) electrons. The fraction of sp³-hybridized carbons (Fsp3) is 0.241. The Morgan fingerprint density at radius 1 is 0.971 bits per heavy atom. The molecule has 3 N–H and O–H groups in total. The number of Topliss-reactive ketones (excluding diaryl/α,β-unsaturated/α-hetero) is 1. The predicted octanol–water partition coefficient (Wildman–Crippen LogP) is 4.85. The quantitative estimate of drug-likeness (QED) is 0.310. The highest BCUT2D eigenvalue weighted by Gasteiger charge is 2.50. The molecule has 1 fully saturated rings. The zero-order valence-electron chi connectivity index (χ0n) is 19.2. The van der Waals surface area contributed by atoms with Gasteiger partial charge in [-0.2, -0.15) is 0 Å². The first-order valence-electron chi connectivity index (χ1n) is 11.8. The Morgan fingerprint density at radius 3 is 2.35 bits per heavy atom. The van der Waals surface area contributed by atoms with Crippen LogP contribution in [-0.4, -0.2) is 23.3 Å². The molecule has 0 saturated carbocycles. The molecular formula is C29H28N2O3. The molecule has 4 aromatic rings. The average molecular weight is 453 g/mol. The molecule has 1 saturated heterocycles. The van der Waals surface area contributed by atoms with Crippen LogP contribution in [0.25, 0.3) is 10.9 Å². The van der Waals surface area contributed by atoms with E-state index in [1.165, 1.54) is 5.56 Å². The molecule has 3 atom stereocenters. The lowest BCUT2D eigenvalue weighted by Gasteiger charge is -2.21. The van der Waals surface area contributed by atoms with E-state index in [2.05, 4.69) is 30.1 Å². The maximum Gasteiger partial charge on any atom is 0.318 e. The van der Waals surface area contributed by atoms with Crippen molar-refractivity contribution in [1.29, 1.82) is 0 Å². The summed E-state index contributed by atoms with van der Waals surface area (Å²) in [5.74, 6) is -2.13. The summed E-state index contributed by atoms with van der Waals surface area (Å²) in [6, 6.07) is 25.3. The largest absolute Gasteiger partial charge is 0.449 e. The number of cyclic esters (lactones) is 1. The summed E-state index contributed by atoms with van der Waals surface area (Å²) < 4.78 is 5.68. The number of aromatic amines is 1. The van der Waals surface area contributed by atoms with Crippen LogP contribution < -0.4 is 5.73 Å². The van der Waals surface area contributed by atoms with Gasteiger partial charge in [0.1, 0.15) is 5.92 Å². The third kappa shape index (κ3) is 3.82. The van der Waals surface area contributed by atoms with Gasteiger partial charge in [-0.1, -0.05) is 79.7 Å². The minimum absolute atomic E-state index is 0.211. The number of carbonyl (C=O) groups excluding carboxylic acids is 2. The third-order valence-corrected chi connectivity index (χ3v) is 6.76. The van der Waals surface area contributed by atoms with Crippen molar-refractivity contribution in [2.24, 2.45) is 11.7 Å². The van der Waals surface area contributed by atoms with Gasteiger partial charge in [-0.15, -0.1) is 0 Å². The van der Waals surface area contributed by atoms with E-state index in [0.717, 1.165) is 34.1 Å². The number of hydrogen-bond acceptors (Lipinski definition) is 4. The van der Waals surface area contributed by atoms with E-state index in [1.807, 2.05) is 60.7 Å². The molecule has 172 valence electrons. The van der Waals surface area contributed by atoms with Crippen LogP contribution in [0.2, 0.25) is 0 Å². The van der Waals surface area contributed by atoms with Crippen LogP contribution in [0.3, 0.4) is 0 Å². The van der Waals surface area contributed by atoms with Gasteiger partial charge < -0.3 is 15.5 Å². The number of rotatable bonds is 7. The van der Waals surface area contributed by atoms with Crippen molar-refractivity contribution in [3.05, 3.63) is 107 Å². The Bertz CT molecular complexity index is 1330. The SMILES string of the molecule is CCc1ccc2c(CCN)c(C(c3ccccc3)C3C(=O)OC(c4ccccc4)C3=O)[nH]c2c1. The Hall–Kier alpha value is -3.70. The van der Waals surface area contributed by atoms with Crippen molar-refractivity contribution >= 4 is 22.7 Å². The van der Waals surface area contributed by atoms with Crippen LogP contribution in [0.15, 0.2) is 78.9 Å². The maximum absolute atomic E-state index is 13.7. The Morgan fingerprint density at radius 2 is 1.68 bits per heavy atom. The van der Waals surface area contributed by atoms with Crippen molar-refractivity contribution in [2.75, 3.05) is 6.54 Å². The van der Waals surface area contributed by atoms with Gasteiger partial charge in [0.15, 0.2) is 11.9 Å². The van der Waals surface area contributed by atoms with Crippen LogP contribution in [-0.2, 0) is 27.2 Å². The van der Waals surface area contributed by atoms with Gasteiger partial charge in [-0.25, -0.2) is 0 Å². The lowest BCUT2D eigenvalue weighted by molar-refractivity contribution is -0.145. The van der Waals surface area contributed by atoms with Crippen molar-refractivity contribution in [2.45, 2.75) is 31.8 Å². The van der Waals surface area contributed by atoms with E-state index < -0.39 is 23.9 Å². The second-order valence-corrected chi connectivity index (χ2v) is 8.79. The van der Waals surface area contributed by atoms with E-state index in [4.69, 9.17) is 10.5 Å². The van der Waals surface area contributed by atoms with Crippen molar-refractivity contribution in [3.8, 4) is 0 Å². The highest BCUT2D eigenvalue weighted by molar-refractivity contribution is 6.08. The normalized spacial score (nSPS) is 18.9. The van der Waals surface area contributed by atoms with E-state index in [1.54, 1.807) is 0 Å². The number of ether oxygens (including phenoxy) is 1. The minimum Gasteiger partial charge on any atom is -0.449 e. The molecule has 5 nitrogen and oxygen atoms in total. The number of hydrogen-bond donors (Lipinski definition) is 2. The van der Waals surface area contributed by atoms with Gasteiger partial charge in [-0.3, -0.25) is 9.59 Å². The number of fused-ring (bicyclic) bond motifs is 1. The first-order chi connectivity index (χ1) is 16.6. The minimum atomic E-state index is -0.942. The fourth-order valence-electron chi connectivity index (χ4n) is 5.10. The molecule has 0 amide bonds. The van der Waals surface area contributed by atoms with Crippen LogP contribution in [0, 0.1) is 5.92 Å². The predicted molar refractivity (Wildman–Crippen MR) is 132 cm³/mol. The zero-order chi connectivity index (χ0) is 23.7. The molecule has 0 bridgehead atoms. The first kappa shape index (κ1) is 22.1. The summed E-state index contributed by atoms with van der Waals surface area (Å²) >= 11 is 0. The number of esters is 1. The molecule has 1 aliphatic rings. The van der Waals surface area contributed by atoms with Crippen molar-refractivity contribution in [1.82, 2.24) is 4.98 Å². The van der Waals surface area contributed by atoms with Gasteiger partial charge in [0.2, 0.25) is 0 Å². The fourth-order valence-corrected chi connectivity index (χ4v) is 5.10. The Labute approximate surface area is 198 Å². The van der Waals surface area contributed by atoms with Gasteiger partial charge in [0.25, 0.3) is 0 Å². The summed E-state index contributed by atoms with van der Waals surface area (Å²) in [4.78, 5) is 30.5. The van der Waals surface area contributed by atoms with E-state index in [-0.39, 0.29) is 5.78 Å². The molecule has 5 rings (SSSR count). The van der Waals surface area contributed by atoms with E-state index in [0.29, 0.717) is 18.5 Å². The monoisotopic (exact) mass is 452 g/mol. The number of nitrogens with one attached hydrogen (secondary N) is 1. The van der Waals surface area contributed by atoms with Gasteiger partial charge >= 0.3 is 5.97 Å². The third-order valence-electron chi connectivity index (χ3n) is 6.76. The lowest BCUT2D eigenvalue weighted by Crippen LogP contribution is -2.27. The van der Waals surface area contributed by atoms with Gasteiger partial charge in [0, 0.05) is 28.1 Å². The summed E-state index contributed by atoms with van der Waals surface area (Å²) in [7, 11) is 0. The average Bonchev–Trinajstić information content (AvgIpc) is 3.37. The Balaban J connectivity index is 1.68. The zero-order valence-corrected chi connectivity index (χ0v) is 19.2. The molecule has 2 heterocycles. The molecule has 0 aliphatic carbocycles. The number of aromatic nitrogens is 1. The Kier molecular flexibility index (Phi) is 6.03. The molecule has 3 unspecified atom stereocenters. The van der Waals surface area contributed by atoms with E-state index >= 15 is 0 Å². The molecule has 34 heavy (non-hydrogen) atoms. The molecule has 5 heteroatoms. The van der Waals surface area contributed by atoms with Crippen molar-refractivity contribution < 1.29 is 14.3 Å². The van der Waals surface area contributed by atoms with Crippen molar-refractivity contribution in [3.63, 3.8) is 0 Å². The van der Waals surface area contributed by atoms with Crippen LogP contribution >= 0.6 is 0 Å². The standard InChI is InChI=1S/C29H28N2O3/c1-2-18-13-14-21-22(15-16-30)26(31-23(21)17-18)24(19-9-5-3-6-10-19)25-27(32)28(34-29(25)33)20-11-7-4-8-12-20/h3-14,17,24-25,28,31H,2,15-16,30H2,1H3. The smallest absolute Gasteiger partial charge is 0.318 e. The molecular weight excluding hydrogens is 424 g/mol. The summed E-state index contributed by atoms with van der Waals surface area (Å²) in [5.41, 5.74) is 11.7. The molecule has 0 spiro atoms. The van der Waals surface area contributed by atoms with Crippen LogP contribution in [0.1, 0.15) is 46.9 Å². The number of carbonyl (C=O) groups is 2. The summed E-state index contributed by atoms with van der Waals surface area (Å²) in [6.07, 6.45) is 0.673. The maximum atomic E-state index is 13.7. The second kappa shape index (κ2) is 9.27. The van der Waals surface area contributed by atoms with Gasteiger partial charge in [0.05, 0.1) is 0 Å². The number of H-pyrrole nitrogens is 1. The summed E-state index contributed by atoms with van der Waals surface area (Å²) in [5, 5.41) is 1.08. The molecule has 1 aliphatic heterocycles. The number of aryl methyl sites for hydroxylation is 1. The number of nitrogens with two attached hydrogens (primary N) is 1. The van der Waals surface area contributed by atoms with Gasteiger partial charge in [-0.05, 0) is 42.1 Å². The number of ketones is 1. The highest BCUT2D eigenvalue weighted by atomic mass is 16.6. The highest BCUT2D eigenvalue weighted by Crippen LogP contribution is 2.43. The van der Waals surface area contributed by atoms with Crippen LogP contribution in [0.4, 0.5) is 0 Å². The molecule has 3 aromatic carbocycles. The topological polar surface area (TPSA) is 85.2 Å². The second-order valence-electron chi connectivity index (χ2n) is 8.79. The summed E-state index contributed by atoms with van der Waals surface area (Å²) in [6.45, 7) is 2.59. The lowest BCUT2D eigenvalue weighted by atomic mass is 9.79. The molecule has 1 aromatic heterocycles. The van der Waals surface area contributed by atoms with E-state index in [9.17, 15) is 9.59 Å².